The number of nitrogens with zero attached hydrogens (tertiary/aromatic N) is 4. The molecule has 1 saturated heterocycles. The number of hydrogen-bond donors (Lipinski definition) is 2. The van der Waals surface area contributed by atoms with Gasteiger partial charge >= 0.3 is 12.1 Å². The first kappa shape index (κ1) is 21.1. The first-order valence-electron chi connectivity index (χ1n) is 10.0. The number of fused-ring (bicyclic) bond motifs is 1. The van der Waals surface area contributed by atoms with Crippen LogP contribution in [0.3, 0.4) is 0 Å². The molecule has 33 heavy (non-hydrogen) atoms. The number of aromatic amines is 1. The highest BCUT2D eigenvalue weighted by Crippen LogP contribution is 2.39. The molecule has 0 saturated carbocycles. The van der Waals surface area contributed by atoms with E-state index in [1.165, 1.54) is 0 Å². The Morgan fingerprint density at radius 1 is 1.27 bits per heavy atom. The maximum Gasteiger partial charge on any atom is 0.418 e. The van der Waals surface area contributed by atoms with Gasteiger partial charge in [-0.3, -0.25) is 0 Å². The van der Waals surface area contributed by atoms with Crippen molar-refractivity contribution in [2.24, 2.45) is 7.05 Å². The van der Waals surface area contributed by atoms with E-state index >= 15 is 0 Å². The highest BCUT2D eigenvalue weighted by atomic mass is 19.4. The molecule has 0 bridgehead atoms. The standard InChI is InChI=1S/C22H18F3N5O3/c1-30-11-26-29-17(30)8-21(9-33-10-21)14-4-2-3-12(5-14)19-27-16-7-13(20(31)32)6-15(18(16)28-19)22(23,24)25/h2-7,11H,8-10H2,1H3,(H,27,28)(H,31,32). The number of aryl methyl sites for hydroxylation is 1. The number of benzene rings is 2. The monoisotopic (exact) mass is 457 g/mol. The summed E-state index contributed by atoms with van der Waals surface area (Å²) in [7, 11) is 1.86. The van der Waals surface area contributed by atoms with Gasteiger partial charge in [0.05, 0.1) is 29.9 Å². The van der Waals surface area contributed by atoms with Gasteiger partial charge in [-0.05, 0) is 23.8 Å². The number of carboxylic acid groups (broad SMARTS) is 1. The lowest BCUT2D eigenvalue weighted by Crippen LogP contribution is -2.49. The van der Waals surface area contributed by atoms with E-state index < -0.39 is 23.3 Å². The van der Waals surface area contributed by atoms with Crippen molar-refractivity contribution in [3.63, 3.8) is 0 Å². The molecule has 8 nitrogen and oxygen atoms in total. The topological polar surface area (TPSA) is 106 Å². The fraction of sp³-hybridized carbons (Fsp3) is 0.273. The molecular weight excluding hydrogens is 439 g/mol. The minimum Gasteiger partial charge on any atom is -0.478 e. The van der Waals surface area contributed by atoms with Gasteiger partial charge in [-0.2, -0.15) is 13.2 Å². The number of aromatic carboxylic acids is 1. The van der Waals surface area contributed by atoms with Gasteiger partial charge in [0.15, 0.2) is 0 Å². The highest BCUT2D eigenvalue weighted by molar-refractivity contribution is 5.94. The van der Waals surface area contributed by atoms with Crippen molar-refractivity contribution in [1.29, 1.82) is 0 Å². The third-order valence-electron chi connectivity index (χ3n) is 5.95. The number of alkyl halides is 3. The maximum atomic E-state index is 13.6. The third kappa shape index (κ3) is 3.63. The Morgan fingerprint density at radius 3 is 2.67 bits per heavy atom. The number of aromatic nitrogens is 5. The van der Waals surface area contributed by atoms with Crippen molar-refractivity contribution in [3.05, 3.63) is 65.2 Å². The molecular formula is C22H18F3N5O3. The van der Waals surface area contributed by atoms with Gasteiger partial charge < -0.3 is 19.4 Å². The molecule has 0 radical (unpaired) electrons. The molecule has 3 heterocycles. The lowest BCUT2D eigenvalue weighted by atomic mass is 9.75. The second-order valence-corrected chi connectivity index (χ2v) is 8.20. The van der Waals surface area contributed by atoms with E-state index in [4.69, 9.17) is 4.74 Å². The minimum atomic E-state index is -4.75. The van der Waals surface area contributed by atoms with E-state index in [2.05, 4.69) is 20.2 Å². The summed E-state index contributed by atoms with van der Waals surface area (Å²) in [5.41, 5.74) is -0.696. The number of H-pyrrole nitrogens is 1. The van der Waals surface area contributed by atoms with Gasteiger partial charge in [-0.1, -0.05) is 18.2 Å². The molecule has 2 aromatic heterocycles. The molecule has 1 aliphatic heterocycles. The smallest absolute Gasteiger partial charge is 0.418 e. The van der Waals surface area contributed by atoms with Crippen LogP contribution in [-0.4, -0.2) is 49.0 Å². The summed E-state index contributed by atoms with van der Waals surface area (Å²) in [6.07, 6.45) is -2.54. The largest absolute Gasteiger partial charge is 0.478 e. The number of ether oxygens (including phenoxy) is 1. The van der Waals surface area contributed by atoms with Crippen LogP contribution < -0.4 is 0 Å². The molecule has 0 unspecified atom stereocenters. The zero-order valence-corrected chi connectivity index (χ0v) is 17.3. The number of hydrogen-bond acceptors (Lipinski definition) is 5. The van der Waals surface area contributed by atoms with Gasteiger partial charge in [0.25, 0.3) is 0 Å². The lowest BCUT2D eigenvalue weighted by molar-refractivity contribution is -0.136. The zero-order valence-electron chi connectivity index (χ0n) is 17.3. The molecule has 4 aromatic rings. The molecule has 0 atom stereocenters. The number of halogens is 3. The summed E-state index contributed by atoms with van der Waals surface area (Å²) in [5.74, 6) is -0.436. The Balaban J connectivity index is 1.58. The number of carboxylic acids is 1. The number of rotatable bonds is 5. The van der Waals surface area contributed by atoms with Crippen LogP contribution >= 0.6 is 0 Å². The van der Waals surface area contributed by atoms with Crippen LogP contribution in [0.15, 0.2) is 42.7 Å². The van der Waals surface area contributed by atoms with E-state index in [0.29, 0.717) is 31.3 Å². The summed E-state index contributed by atoms with van der Waals surface area (Å²) in [4.78, 5) is 18.4. The van der Waals surface area contributed by atoms with E-state index in [1.807, 2.05) is 29.8 Å². The molecule has 0 amide bonds. The Bertz CT molecular complexity index is 1370. The van der Waals surface area contributed by atoms with E-state index in [9.17, 15) is 23.1 Å². The number of nitrogens with one attached hydrogen (secondary N) is 1. The average molecular weight is 457 g/mol. The molecule has 0 spiro atoms. The van der Waals surface area contributed by atoms with Crippen molar-refractivity contribution in [2.75, 3.05) is 13.2 Å². The average Bonchev–Trinajstić information content (AvgIpc) is 3.35. The van der Waals surface area contributed by atoms with Crippen LogP contribution in [0.5, 0.6) is 0 Å². The summed E-state index contributed by atoms with van der Waals surface area (Å²) < 4.78 is 48.1. The van der Waals surface area contributed by atoms with Crippen molar-refractivity contribution in [2.45, 2.75) is 18.0 Å². The molecule has 0 aliphatic carbocycles. The summed E-state index contributed by atoms with van der Waals surface area (Å²) in [5, 5.41) is 17.3. The van der Waals surface area contributed by atoms with Gasteiger partial charge in [0.2, 0.25) is 0 Å². The molecule has 170 valence electrons. The Hall–Kier alpha value is -3.73. The van der Waals surface area contributed by atoms with Gasteiger partial charge in [-0.15, -0.1) is 10.2 Å². The van der Waals surface area contributed by atoms with Gasteiger partial charge in [-0.25, -0.2) is 9.78 Å². The lowest BCUT2D eigenvalue weighted by Gasteiger charge is -2.41. The molecule has 11 heteroatoms. The minimum absolute atomic E-state index is 0.00315. The zero-order chi connectivity index (χ0) is 23.4. The van der Waals surface area contributed by atoms with E-state index in [-0.39, 0.29) is 22.3 Å². The quantitative estimate of drug-likeness (QED) is 0.475. The first-order chi connectivity index (χ1) is 15.7. The van der Waals surface area contributed by atoms with Crippen LogP contribution in [0.2, 0.25) is 0 Å². The number of carbonyl (C=O) groups is 1. The Morgan fingerprint density at radius 2 is 2.06 bits per heavy atom. The molecule has 2 aromatic carbocycles. The second-order valence-electron chi connectivity index (χ2n) is 8.20. The second kappa shape index (κ2) is 7.41. The van der Waals surface area contributed by atoms with Crippen LogP contribution in [-0.2, 0) is 29.8 Å². The fourth-order valence-corrected chi connectivity index (χ4v) is 4.08. The van der Waals surface area contributed by atoms with Crippen molar-refractivity contribution >= 4 is 17.0 Å². The van der Waals surface area contributed by atoms with Crippen LogP contribution in [0, 0.1) is 0 Å². The Kier molecular flexibility index (Phi) is 4.74. The summed E-state index contributed by atoms with van der Waals surface area (Å²) >= 11 is 0. The van der Waals surface area contributed by atoms with Gasteiger partial charge in [0, 0.05) is 24.4 Å². The van der Waals surface area contributed by atoms with E-state index in [1.54, 1.807) is 12.4 Å². The highest BCUT2D eigenvalue weighted by Gasteiger charge is 2.42. The maximum absolute atomic E-state index is 13.6. The molecule has 1 aliphatic rings. The molecule has 5 rings (SSSR count). The van der Waals surface area contributed by atoms with Crippen LogP contribution in [0.25, 0.3) is 22.4 Å². The van der Waals surface area contributed by atoms with Crippen molar-refractivity contribution < 1.29 is 27.8 Å². The Labute approximate surface area is 185 Å². The fourth-order valence-electron chi connectivity index (χ4n) is 4.08. The van der Waals surface area contributed by atoms with Crippen LogP contribution in [0.4, 0.5) is 13.2 Å². The van der Waals surface area contributed by atoms with Gasteiger partial charge in [0.1, 0.15) is 23.5 Å². The predicted octanol–water partition coefficient (Wildman–Crippen LogP) is 3.59. The normalized spacial score (nSPS) is 15.5. The van der Waals surface area contributed by atoms with E-state index in [0.717, 1.165) is 17.5 Å². The molecule has 2 N–H and O–H groups in total. The van der Waals surface area contributed by atoms with Crippen molar-refractivity contribution in [3.8, 4) is 11.4 Å². The SMILES string of the molecule is Cn1cnnc1CC1(c2cccc(-c3nc4c(C(F)(F)F)cc(C(=O)O)cc4[nH]3)c2)COC1. The van der Waals surface area contributed by atoms with Crippen molar-refractivity contribution in [1.82, 2.24) is 24.7 Å². The van der Waals surface area contributed by atoms with Crippen LogP contribution in [0.1, 0.15) is 27.3 Å². The first-order valence-corrected chi connectivity index (χ1v) is 10.0. The molecule has 1 fully saturated rings. The summed E-state index contributed by atoms with van der Waals surface area (Å²) in [6, 6.07) is 9.11. The predicted molar refractivity (Wildman–Crippen MR) is 111 cm³/mol. The number of imidazole rings is 1. The third-order valence-corrected chi connectivity index (χ3v) is 5.95. The summed E-state index contributed by atoms with van der Waals surface area (Å²) in [6.45, 7) is 0.952.